The Kier molecular flexibility index (Phi) is 4.74. The summed E-state index contributed by atoms with van der Waals surface area (Å²) in [6.45, 7) is 0.175. The van der Waals surface area contributed by atoms with Crippen LogP contribution in [-0.2, 0) is 14.3 Å². The van der Waals surface area contributed by atoms with Crippen molar-refractivity contribution in [3.05, 3.63) is 30.1 Å². The minimum Gasteiger partial charge on any atom is -0.484 e. The lowest BCUT2D eigenvalue weighted by Crippen LogP contribution is -2.58. The molecule has 0 saturated carbocycles. The Morgan fingerprint density at radius 3 is 2.71 bits per heavy atom. The van der Waals surface area contributed by atoms with Crippen LogP contribution in [-0.4, -0.2) is 42.3 Å². The van der Waals surface area contributed by atoms with Gasteiger partial charge in [0, 0.05) is 32.1 Å². The maximum absolute atomic E-state index is 13.0. The number of nitrogens with one attached hydrogen (secondary N) is 1. The van der Waals surface area contributed by atoms with E-state index in [2.05, 4.69) is 5.32 Å². The van der Waals surface area contributed by atoms with E-state index in [1.54, 1.807) is 0 Å². The van der Waals surface area contributed by atoms with Crippen molar-refractivity contribution >= 4 is 11.9 Å². The van der Waals surface area contributed by atoms with Crippen molar-refractivity contribution in [2.75, 3.05) is 19.8 Å². The van der Waals surface area contributed by atoms with E-state index in [-0.39, 0.29) is 38.4 Å². The fourth-order valence-electron chi connectivity index (χ4n) is 2.12. The van der Waals surface area contributed by atoms with Crippen LogP contribution in [0.25, 0.3) is 0 Å². The van der Waals surface area contributed by atoms with E-state index in [9.17, 15) is 19.1 Å². The molecule has 1 aromatic rings. The minimum absolute atomic E-state index is 0.202. The highest BCUT2D eigenvalue weighted by atomic mass is 19.1. The van der Waals surface area contributed by atoms with Crippen LogP contribution in [0.2, 0.25) is 0 Å². The molecule has 114 valence electrons. The molecule has 1 aliphatic heterocycles. The molecule has 0 atom stereocenters. The number of carboxylic acids is 1. The number of benzene rings is 1. The molecule has 1 aromatic carbocycles. The third kappa shape index (κ3) is 3.91. The Morgan fingerprint density at radius 2 is 2.10 bits per heavy atom. The van der Waals surface area contributed by atoms with E-state index in [1.165, 1.54) is 18.2 Å². The number of halogens is 1. The van der Waals surface area contributed by atoms with Crippen LogP contribution in [0.3, 0.4) is 0 Å². The minimum atomic E-state index is -1.32. The summed E-state index contributed by atoms with van der Waals surface area (Å²) in [6, 6.07) is 5.38. The van der Waals surface area contributed by atoms with E-state index in [4.69, 9.17) is 9.47 Å². The molecule has 0 bridgehead atoms. The first-order chi connectivity index (χ1) is 10.0. The zero-order valence-corrected chi connectivity index (χ0v) is 11.3. The molecule has 0 aromatic heterocycles. The molecule has 1 amide bonds. The predicted molar refractivity (Wildman–Crippen MR) is 70.5 cm³/mol. The number of carbonyl (C=O) groups is 2. The van der Waals surface area contributed by atoms with Gasteiger partial charge in [-0.25, -0.2) is 9.18 Å². The third-order valence-corrected chi connectivity index (χ3v) is 3.30. The number of hydrogen-bond acceptors (Lipinski definition) is 4. The molecule has 1 saturated heterocycles. The zero-order valence-electron chi connectivity index (χ0n) is 11.3. The van der Waals surface area contributed by atoms with E-state index in [0.717, 1.165) is 6.07 Å². The number of amides is 1. The average molecular weight is 297 g/mol. The fourth-order valence-corrected chi connectivity index (χ4v) is 2.12. The lowest BCUT2D eigenvalue weighted by atomic mass is 9.90. The van der Waals surface area contributed by atoms with Gasteiger partial charge in [0.15, 0.2) is 6.61 Å². The van der Waals surface area contributed by atoms with Crippen LogP contribution in [0.4, 0.5) is 4.39 Å². The molecule has 0 aliphatic carbocycles. The van der Waals surface area contributed by atoms with Crippen molar-refractivity contribution in [1.29, 1.82) is 0 Å². The van der Waals surface area contributed by atoms with Crippen molar-refractivity contribution in [3.63, 3.8) is 0 Å². The van der Waals surface area contributed by atoms with E-state index >= 15 is 0 Å². The van der Waals surface area contributed by atoms with Crippen LogP contribution in [0, 0.1) is 5.82 Å². The van der Waals surface area contributed by atoms with E-state index in [1.807, 2.05) is 0 Å². The highest BCUT2D eigenvalue weighted by molar-refractivity contribution is 5.87. The second kappa shape index (κ2) is 6.53. The van der Waals surface area contributed by atoms with Gasteiger partial charge in [0.25, 0.3) is 5.91 Å². The predicted octanol–water partition coefficient (Wildman–Crippen LogP) is 0.954. The second-order valence-corrected chi connectivity index (χ2v) is 4.79. The van der Waals surface area contributed by atoms with Crippen molar-refractivity contribution < 1.29 is 28.6 Å². The fraction of sp³-hybridized carbons (Fsp3) is 0.429. The normalized spacial score (nSPS) is 17.0. The summed E-state index contributed by atoms with van der Waals surface area (Å²) in [4.78, 5) is 23.2. The highest BCUT2D eigenvalue weighted by Gasteiger charge is 2.41. The standard InChI is InChI=1S/C14H16FNO5/c15-10-2-1-3-11(8-10)21-9-12(17)16-14(13(18)19)4-6-20-7-5-14/h1-3,8H,4-7,9H2,(H,16,17)(H,18,19). The Morgan fingerprint density at radius 1 is 1.38 bits per heavy atom. The zero-order chi connectivity index (χ0) is 15.3. The molecular weight excluding hydrogens is 281 g/mol. The van der Waals surface area contributed by atoms with Crippen molar-refractivity contribution in [2.24, 2.45) is 0 Å². The lowest BCUT2D eigenvalue weighted by Gasteiger charge is -2.33. The number of rotatable bonds is 5. The van der Waals surface area contributed by atoms with Crippen molar-refractivity contribution in [3.8, 4) is 5.75 Å². The van der Waals surface area contributed by atoms with Crippen LogP contribution in [0.15, 0.2) is 24.3 Å². The molecule has 0 unspecified atom stereocenters. The quantitative estimate of drug-likeness (QED) is 0.845. The molecule has 1 fully saturated rings. The maximum Gasteiger partial charge on any atom is 0.329 e. The Labute approximate surface area is 120 Å². The molecular formula is C14H16FNO5. The molecule has 2 rings (SSSR count). The van der Waals surface area contributed by atoms with Gasteiger partial charge in [0.1, 0.15) is 17.1 Å². The summed E-state index contributed by atoms with van der Waals surface area (Å²) in [7, 11) is 0. The molecule has 6 nitrogen and oxygen atoms in total. The van der Waals surface area contributed by atoms with E-state index in [0.29, 0.717) is 0 Å². The molecule has 2 N–H and O–H groups in total. The first kappa shape index (κ1) is 15.2. The van der Waals surface area contributed by atoms with E-state index < -0.39 is 23.2 Å². The Hall–Kier alpha value is -2.15. The third-order valence-electron chi connectivity index (χ3n) is 3.30. The summed E-state index contributed by atoms with van der Waals surface area (Å²) >= 11 is 0. The van der Waals surface area contributed by atoms with Gasteiger partial charge in [-0.2, -0.15) is 0 Å². The number of ether oxygens (including phenoxy) is 2. The number of hydrogen-bond donors (Lipinski definition) is 2. The first-order valence-electron chi connectivity index (χ1n) is 6.52. The van der Waals surface area contributed by atoms with Gasteiger partial charge < -0.3 is 19.9 Å². The van der Waals surface area contributed by atoms with Crippen LogP contribution < -0.4 is 10.1 Å². The number of aliphatic carboxylic acids is 1. The van der Waals surface area contributed by atoms with Crippen molar-refractivity contribution in [1.82, 2.24) is 5.32 Å². The number of carboxylic acid groups (broad SMARTS) is 1. The number of carbonyl (C=O) groups excluding carboxylic acids is 1. The molecule has 1 heterocycles. The monoisotopic (exact) mass is 297 g/mol. The van der Waals surface area contributed by atoms with Crippen LogP contribution in [0.1, 0.15) is 12.8 Å². The smallest absolute Gasteiger partial charge is 0.329 e. The topological polar surface area (TPSA) is 84.9 Å². The van der Waals surface area contributed by atoms with Gasteiger partial charge in [-0.3, -0.25) is 4.79 Å². The average Bonchev–Trinajstić information content (AvgIpc) is 2.46. The van der Waals surface area contributed by atoms with Crippen molar-refractivity contribution in [2.45, 2.75) is 18.4 Å². The summed E-state index contributed by atoms with van der Waals surface area (Å²) in [5.41, 5.74) is -1.32. The highest BCUT2D eigenvalue weighted by Crippen LogP contribution is 2.21. The van der Waals surface area contributed by atoms with Gasteiger partial charge in [-0.05, 0) is 12.1 Å². The summed E-state index contributed by atoms with van der Waals surface area (Å²) < 4.78 is 23.2. The second-order valence-electron chi connectivity index (χ2n) is 4.79. The summed E-state index contributed by atoms with van der Waals surface area (Å²) in [5, 5.41) is 11.8. The molecule has 0 radical (unpaired) electrons. The molecule has 0 spiro atoms. The van der Waals surface area contributed by atoms with Crippen LogP contribution >= 0.6 is 0 Å². The Balaban J connectivity index is 1.92. The van der Waals surface area contributed by atoms with Gasteiger partial charge >= 0.3 is 5.97 Å². The molecule has 1 aliphatic rings. The SMILES string of the molecule is O=C(COc1cccc(F)c1)NC1(C(=O)O)CCOCC1. The van der Waals surface area contributed by atoms with Crippen LogP contribution in [0.5, 0.6) is 5.75 Å². The largest absolute Gasteiger partial charge is 0.484 e. The van der Waals surface area contributed by atoms with Gasteiger partial charge in [-0.15, -0.1) is 0 Å². The first-order valence-corrected chi connectivity index (χ1v) is 6.52. The maximum atomic E-state index is 13.0. The Bertz CT molecular complexity index is 528. The summed E-state index contributed by atoms with van der Waals surface area (Å²) in [6.07, 6.45) is 0.405. The van der Waals surface area contributed by atoms with Gasteiger partial charge in [0.2, 0.25) is 0 Å². The van der Waals surface area contributed by atoms with Gasteiger partial charge in [0.05, 0.1) is 0 Å². The lowest BCUT2D eigenvalue weighted by molar-refractivity contribution is -0.152. The molecule has 21 heavy (non-hydrogen) atoms. The summed E-state index contributed by atoms with van der Waals surface area (Å²) in [5.74, 6) is -1.92. The molecule has 7 heteroatoms. The van der Waals surface area contributed by atoms with Gasteiger partial charge in [-0.1, -0.05) is 6.07 Å².